The summed E-state index contributed by atoms with van der Waals surface area (Å²) in [6.07, 6.45) is 2.61. The van der Waals surface area contributed by atoms with E-state index in [4.69, 9.17) is 4.84 Å². The third-order valence-electron chi connectivity index (χ3n) is 2.28. The lowest BCUT2D eigenvalue weighted by Gasteiger charge is -2.02. The van der Waals surface area contributed by atoms with E-state index in [-0.39, 0.29) is 12.2 Å². The van der Waals surface area contributed by atoms with Crippen LogP contribution in [-0.4, -0.2) is 6.21 Å². The Hall–Kier alpha value is -2.23. The molecular formula is C14H10F2NO. The van der Waals surface area contributed by atoms with Crippen molar-refractivity contribution < 1.29 is 13.6 Å². The van der Waals surface area contributed by atoms with Crippen LogP contribution in [0.15, 0.2) is 53.7 Å². The highest BCUT2D eigenvalue weighted by Gasteiger charge is 2.07. The topological polar surface area (TPSA) is 21.6 Å². The van der Waals surface area contributed by atoms with Crippen LogP contribution >= 0.6 is 0 Å². The molecule has 2 aromatic rings. The van der Waals surface area contributed by atoms with Crippen LogP contribution in [-0.2, 0) is 11.4 Å². The smallest absolute Gasteiger partial charge is 0.148 e. The average Bonchev–Trinajstić information content (AvgIpc) is 2.38. The first-order valence-electron chi connectivity index (χ1n) is 5.33. The van der Waals surface area contributed by atoms with Gasteiger partial charge in [0.1, 0.15) is 24.5 Å². The molecule has 91 valence electrons. The van der Waals surface area contributed by atoms with E-state index in [1.165, 1.54) is 18.2 Å². The number of benzene rings is 2. The van der Waals surface area contributed by atoms with Crippen LogP contribution in [0, 0.1) is 11.6 Å². The second kappa shape index (κ2) is 5.91. The summed E-state index contributed by atoms with van der Waals surface area (Å²) in [6.45, 7) is -0.266. The minimum atomic E-state index is -0.648. The Morgan fingerprint density at radius 2 is 1.61 bits per heavy atom. The van der Waals surface area contributed by atoms with Crippen molar-refractivity contribution in [1.29, 1.82) is 0 Å². The van der Waals surface area contributed by atoms with Crippen molar-refractivity contribution in [3.63, 3.8) is 0 Å². The molecule has 2 nitrogen and oxygen atoms in total. The minimum Gasteiger partial charge on any atom is -0.390 e. The van der Waals surface area contributed by atoms with Crippen molar-refractivity contribution in [1.82, 2.24) is 0 Å². The first kappa shape index (κ1) is 12.2. The third-order valence-corrected chi connectivity index (χ3v) is 2.28. The Morgan fingerprint density at radius 1 is 0.944 bits per heavy atom. The highest BCUT2D eigenvalue weighted by atomic mass is 19.1. The quantitative estimate of drug-likeness (QED) is 0.598. The summed E-state index contributed by atoms with van der Waals surface area (Å²) in [6, 6.07) is 12.7. The van der Waals surface area contributed by atoms with Gasteiger partial charge in [0.05, 0.1) is 5.56 Å². The Kier molecular flexibility index (Phi) is 4.02. The van der Waals surface area contributed by atoms with Crippen LogP contribution in [0.3, 0.4) is 0 Å². The number of nitrogens with zero attached hydrogens (tertiary/aromatic N) is 1. The van der Waals surface area contributed by atoms with Gasteiger partial charge in [-0.25, -0.2) is 8.78 Å². The van der Waals surface area contributed by atoms with Gasteiger partial charge in [-0.15, -0.1) is 0 Å². The second-order valence-electron chi connectivity index (χ2n) is 3.54. The molecule has 0 N–H and O–H groups in total. The van der Waals surface area contributed by atoms with Crippen molar-refractivity contribution in [2.24, 2.45) is 5.16 Å². The molecule has 0 aliphatic heterocycles. The van der Waals surface area contributed by atoms with Gasteiger partial charge in [0.15, 0.2) is 0 Å². The largest absolute Gasteiger partial charge is 0.390 e. The van der Waals surface area contributed by atoms with Crippen molar-refractivity contribution in [2.45, 2.75) is 6.61 Å². The van der Waals surface area contributed by atoms with E-state index < -0.39 is 11.6 Å². The molecule has 0 aromatic heterocycles. The standard InChI is InChI=1S/C14H10F2NO/c15-13-7-4-8-14(16)12(13)10-18-17-9-11-5-2-1-3-6-11/h1-8H,10H2. The van der Waals surface area contributed by atoms with E-state index in [0.717, 1.165) is 5.56 Å². The fourth-order valence-corrected chi connectivity index (χ4v) is 1.36. The molecular weight excluding hydrogens is 236 g/mol. The molecule has 0 aliphatic carbocycles. The third kappa shape index (κ3) is 3.13. The number of rotatable bonds is 4. The molecule has 0 bridgehead atoms. The summed E-state index contributed by atoms with van der Waals surface area (Å²) in [5, 5.41) is 3.54. The normalized spacial score (nSPS) is 10.8. The van der Waals surface area contributed by atoms with E-state index in [0.29, 0.717) is 0 Å². The molecule has 18 heavy (non-hydrogen) atoms. The van der Waals surface area contributed by atoms with Crippen molar-refractivity contribution >= 4 is 6.21 Å². The molecule has 0 fully saturated rings. The zero-order chi connectivity index (χ0) is 12.8. The van der Waals surface area contributed by atoms with Gasteiger partial charge in [0, 0.05) is 5.56 Å². The summed E-state index contributed by atoms with van der Waals surface area (Å²) in [7, 11) is 0. The van der Waals surface area contributed by atoms with Crippen LogP contribution in [0.4, 0.5) is 8.78 Å². The van der Waals surface area contributed by atoms with E-state index in [1.807, 2.05) is 18.2 Å². The van der Waals surface area contributed by atoms with Crippen LogP contribution in [0.25, 0.3) is 0 Å². The van der Waals surface area contributed by atoms with Crippen LogP contribution in [0.5, 0.6) is 0 Å². The van der Waals surface area contributed by atoms with Gasteiger partial charge < -0.3 is 4.84 Å². The molecule has 1 radical (unpaired) electrons. The first-order valence-corrected chi connectivity index (χ1v) is 5.33. The van der Waals surface area contributed by atoms with E-state index >= 15 is 0 Å². The second-order valence-corrected chi connectivity index (χ2v) is 3.54. The SMILES string of the molecule is Fc1cccc(F)c1CO/N=[C]\c1ccccc1. The van der Waals surface area contributed by atoms with Crippen molar-refractivity contribution in [3.8, 4) is 0 Å². The Labute approximate surface area is 104 Å². The van der Waals surface area contributed by atoms with E-state index in [2.05, 4.69) is 11.4 Å². The summed E-state index contributed by atoms with van der Waals surface area (Å²) < 4.78 is 26.4. The van der Waals surface area contributed by atoms with Crippen molar-refractivity contribution in [3.05, 3.63) is 71.3 Å². The van der Waals surface area contributed by atoms with Gasteiger partial charge in [-0.3, -0.25) is 0 Å². The molecule has 0 saturated heterocycles. The molecule has 0 saturated carbocycles. The summed E-state index contributed by atoms with van der Waals surface area (Å²) >= 11 is 0. The number of halogens is 2. The van der Waals surface area contributed by atoms with Crippen molar-refractivity contribution in [2.75, 3.05) is 0 Å². The lowest BCUT2D eigenvalue weighted by Crippen LogP contribution is -1.96. The summed E-state index contributed by atoms with van der Waals surface area (Å²) in [4.78, 5) is 4.82. The van der Waals surface area contributed by atoms with Gasteiger partial charge in [0.2, 0.25) is 0 Å². The molecule has 4 heteroatoms. The van der Waals surface area contributed by atoms with Crippen LogP contribution < -0.4 is 0 Å². The lowest BCUT2D eigenvalue weighted by atomic mass is 10.2. The van der Waals surface area contributed by atoms with Gasteiger partial charge in [-0.1, -0.05) is 41.6 Å². The fourth-order valence-electron chi connectivity index (χ4n) is 1.36. The molecule has 2 aromatic carbocycles. The Balaban J connectivity index is 1.95. The zero-order valence-electron chi connectivity index (χ0n) is 9.44. The molecule has 0 amide bonds. The van der Waals surface area contributed by atoms with E-state index in [9.17, 15) is 8.78 Å². The maximum Gasteiger partial charge on any atom is 0.148 e. The summed E-state index contributed by atoms with van der Waals surface area (Å²) in [5.41, 5.74) is 0.586. The van der Waals surface area contributed by atoms with Gasteiger partial charge in [-0.05, 0) is 12.1 Å². The van der Waals surface area contributed by atoms with E-state index in [1.54, 1.807) is 12.1 Å². The molecule has 0 unspecified atom stereocenters. The Bertz CT molecular complexity index is 520. The predicted molar refractivity (Wildman–Crippen MR) is 64.1 cm³/mol. The van der Waals surface area contributed by atoms with Gasteiger partial charge >= 0.3 is 0 Å². The summed E-state index contributed by atoms with van der Waals surface area (Å²) in [5.74, 6) is -1.30. The van der Waals surface area contributed by atoms with Crippen LogP contribution in [0.2, 0.25) is 0 Å². The highest BCUT2D eigenvalue weighted by Crippen LogP contribution is 2.13. The Morgan fingerprint density at radius 3 is 2.28 bits per heavy atom. The molecule has 0 atom stereocenters. The molecule has 0 aliphatic rings. The number of hydrogen-bond acceptors (Lipinski definition) is 2. The first-order chi connectivity index (χ1) is 8.77. The number of hydrogen-bond donors (Lipinski definition) is 0. The van der Waals surface area contributed by atoms with Crippen LogP contribution in [0.1, 0.15) is 11.1 Å². The average molecular weight is 246 g/mol. The zero-order valence-corrected chi connectivity index (χ0v) is 9.44. The highest BCUT2D eigenvalue weighted by molar-refractivity contribution is 5.78. The monoisotopic (exact) mass is 246 g/mol. The lowest BCUT2D eigenvalue weighted by molar-refractivity contribution is 0.126. The van der Waals surface area contributed by atoms with Gasteiger partial charge in [0.25, 0.3) is 0 Å². The minimum absolute atomic E-state index is 0.142. The maximum absolute atomic E-state index is 13.2. The maximum atomic E-state index is 13.2. The van der Waals surface area contributed by atoms with Gasteiger partial charge in [-0.2, -0.15) is 0 Å². The molecule has 2 rings (SSSR count). The molecule has 0 heterocycles. The predicted octanol–water partition coefficient (Wildman–Crippen LogP) is 3.39. The fraction of sp³-hybridized carbons (Fsp3) is 0.0714. The molecule has 0 spiro atoms.